The molecule has 25 heavy (non-hydrogen) atoms. The second-order valence-corrected chi connectivity index (χ2v) is 8.16. The zero-order chi connectivity index (χ0) is 17.6. The van der Waals surface area contributed by atoms with Crippen LogP contribution in [-0.2, 0) is 14.8 Å². The molecular weight excluding hydrogens is 362 g/mol. The molecule has 1 fully saturated rings. The predicted molar refractivity (Wildman–Crippen MR) is 101 cm³/mol. The fraction of sp³-hybridized carbons (Fsp3) is 0.588. The van der Waals surface area contributed by atoms with Gasteiger partial charge >= 0.3 is 0 Å². The number of benzene rings is 1. The van der Waals surface area contributed by atoms with Crippen molar-refractivity contribution in [3.63, 3.8) is 0 Å². The number of amides is 1. The average Bonchev–Trinajstić information content (AvgIpc) is 2.61. The minimum Gasteiger partial charge on any atom is -0.354 e. The molecule has 8 heteroatoms. The van der Waals surface area contributed by atoms with E-state index in [4.69, 9.17) is 0 Å². The van der Waals surface area contributed by atoms with Crippen molar-refractivity contribution in [2.24, 2.45) is 5.92 Å². The molecule has 2 atom stereocenters. The van der Waals surface area contributed by atoms with Crippen LogP contribution in [0.25, 0.3) is 0 Å². The highest BCUT2D eigenvalue weighted by molar-refractivity contribution is 7.89. The van der Waals surface area contributed by atoms with Crippen LogP contribution in [0, 0.1) is 5.92 Å². The second-order valence-electron chi connectivity index (χ2n) is 6.22. The molecule has 142 valence electrons. The predicted octanol–water partition coefficient (Wildman–Crippen LogP) is 1.62. The summed E-state index contributed by atoms with van der Waals surface area (Å²) in [5.41, 5.74) is 0. The fourth-order valence-electron chi connectivity index (χ4n) is 2.93. The highest BCUT2D eigenvalue weighted by atomic mass is 35.5. The standard InChI is InChI=1S/C17H27N3O3S.ClH/c1-3-18-14(2)12-19-17(21)15-8-7-11-20(13-15)24(22,23)16-9-5-4-6-10-16;/h4-6,9-10,14-15,18H,3,7-8,11-13H2,1-2H3,(H,19,21);1H/t14-,15?;/m1./s1. The molecule has 2 rings (SSSR count). The average molecular weight is 390 g/mol. The molecule has 0 aliphatic carbocycles. The van der Waals surface area contributed by atoms with Crippen molar-refractivity contribution in [3.8, 4) is 0 Å². The minimum absolute atomic E-state index is 0. The Hall–Kier alpha value is -1.15. The molecule has 0 spiro atoms. The van der Waals surface area contributed by atoms with Gasteiger partial charge in [0.05, 0.1) is 10.8 Å². The third-order valence-electron chi connectivity index (χ3n) is 4.27. The number of piperidine rings is 1. The summed E-state index contributed by atoms with van der Waals surface area (Å²) < 4.78 is 26.8. The SMILES string of the molecule is CCN[C@H](C)CNC(=O)C1CCCN(S(=O)(=O)c2ccccc2)C1.Cl. The van der Waals surface area contributed by atoms with E-state index in [1.165, 1.54) is 4.31 Å². The highest BCUT2D eigenvalue weighted by Gasteiger charge is 2.33. The molecule has 6 nitrogen and oxygen atoms in total. The molecule has 2 N–H and O–H groups in total. The third kappa shape index (κ3) is 5.95. The first-order chi connectivity index (χ1) is 11.4. The molecule has 1 heterocycles. The molecule has 0 aromatic heterocycles. The number of hydrogen-bond acceptors (Lipinski definition) is 4. The lowest BCUT2D eigenvalue weighted by molar-refractivity contribution is -0.126. The lowest BCUT2D eigenvalue weighted by Gasteiger charge is -2.31. The number of rotatable bonds is 7. The van der Waals surface area contributed by atoms with E-state index in [1.807, 2.05) is 13.8 Å². The Morgan fingerprint density at radius 3 is 2.64 bits per heavy atom. The van der Waals surface area contributed by atoms with Gasteiger partial charge in [-0.25, -0.2) is 8.42 Å². The maximum Gasteiger partial charge on any atom is 0.243 e. The Morgan fingerprint density at radius 2 is 2.00 bits per heavy atom. The quantitative estimate of drug-likeness (QED) is 0.742. The maximum atomic E-state index is 12.7. The number of carbonyl (C=O) groups is 1. The van der Waals surface area contributed by atoms with Gasteiger partial charge < -0.3 is 10.6 Å². The Balaban J connectivity index is 0.00000312. The summed E-state index contributed by atoms with van der Waals surface area (Å²) >= 11 is 0. The van der Waals surface area contributed by atoms with Crippen molar-refractivity contribution in [1.29, 1.82) is 0 Å². The van der Waals surface area contributed by atoms with Crippen LogP contribution in [0.15, 0.2) is 35.2 Å². The summed E-state index contributed by atoms with van der Waals surface area (Å²) in [6.07, 6.45) is 1.43. The topological polar surface area (TPSA) is 78.5 Å². The van der Waals surface area contributed by atoms with Gasteiger partial charge in [-0.2, -0.15) is 4.31 Å². The van der Waals surface area contributed by atoms with E-state index in [-0.39, 0.29) is 41.7 Å². The van der Waals surface area contributed by atoms with Gasteiger partial charge in [-0.15, -0.1) is 12.4 Å². The lowest BCUT2D eigenvalue weighted by Crippen LogP contribution is -2.47. The number of hydrogen-bond donors (Lipinski definition) is 2. The van der Waals surface area contributed by atoms with E-state index >= 15 is 0 Å². The van der Waals surface area contributed by atoms with Crippen molar-refractivity contribution in [3.05, 3.63) is 30.3 Å². The summed E-state index contributed by atoms with van der Waals surface area (Å²) in [5.74, 6) is -0.348. The zero-order valence-corrected chi connectivity index (χ0v) is 16.4. The van der Waals surface area contributed by atoms with Crippen molar-refractivity contribution in [2.75, 3.05) is 26.2 Å². The van der Waals surface area contributed by atoms with Crippen LogP contribution in [-0.4, -0.2) is 50.9 Å². The van der Waals surface area contributed by atoms with Crippen LogP contribution >= 0.6 is 12.4 Å². The first-order valence-corrected chi connectivity index (χ1v) is 9.95. The van der Waals surface area contributed by atoms with E-state index in [0.29, 0.717) is 19.5 Å². The van der Waals surface area contributed by atoms with Crippen LogP contribution < -0.4 is 10.6 Å². The summed E-state index contributed by atoms with van der Waals surface area (Å²) in [6, 6.07) is 8.60. The van der Waals surface area contributed by atoms with Gasteiger partial charge in [0, 0.05) is 25.7 Å². The largest absolute Gasteiger partial charge is 0.354 e. The second kappa shape index (κ2) is 10.1. The van der Waals surface area contributed by atoms with Gasteiger partial charge in [-0.05, 0) is 38.4 Å². The van der Waals surface area contributed by atoms with Crippen LogP contribution in [0.5, 0.6) is 0 Å². The number of halogens is 1. The van der Waals surface area contributed by atoms with Crippen LogP contribution in [0.1, 0.15) is 26.7 Å². The number of nitrogens with zero attached hydrogens (tertiary/aromatic N) is 1. The van der Waals surface area contributed by atoms with Crippen molar-refractivity contribution >= 4 is 28.3 Å². The smallest absolute Gasteiger partial charge is 0.243 e. The van der Waals surface area contributed by atoms with Crippen molar-refractivity contribution in [2.45, 2.75) is 37.6 Å². The molecule has 1 aliphatic heterocycles. The molecule has 0 radical (unpaired) electrons. The summed E-state index contributed by atoms with van der Waals surface area (Å²) in [4.78, 5) is 12.6. The molecule has 1 aromatic rings. The zero-order valence-electron chi connectivity index (χ0n) is 14.8. The molecule has 0 saturated carbocycles. The minimum atomic E-state index is -3.53. The van der Waals surface area contributed by atoms with E-state index < -0.39 is 10.0 Å². The van der Waals surface area contributed by atoms with E-state index in [1.54, 1.807) is 30.3 Å². The molecule has 1 aromatic carbocycles. The third-order valence-corrected chi connectivity index (χ3v) is 6.15. The monoisotopic (exact) mass is 389 g/mol. The Morgan fingerprint density at radius 1 is 1.32 bits per heavy atom. The Bertz CT molecular complexity index is 640. The first-order valence-electron chi connectivity index (χ1n) is 8.51. The summed E-state index contributed by atoms with van der Waals surface area (Å²) in [6.45, 7) is 6.15. The molecule has 1 amide bonds. The van der Waals surface area contributed by atoms with Gasteiger partial charge in [0.2, 0.25) is 15.9 Å². The highest BCUT2D eigenvalue weighted by Crippen LogP contribution is 2.23. The number of nitrogens with one attached hydrogen (secondary N) is 2. The van der Waals surface area contributed by atoms with E-state index in [2.05, 4.69) is 10.6 Å². The summed E-state index contributed by atoms with van der Waals surface area (Å²) in [7, 11) is -3.53. The van der Waals surface area contributed by atoms with Crippen molar-refractivity contribution in [1.82, 2.24) is 14.9 Å². The summed E-state index contributed by atoms with van der Waals surface area (Å²) in [5, 5.41) is 6.16. The first kappa shape index (κ1) is 21.9. The van der Waals surface area contributed by atoms with E-state index in [0.717, 1.165) is 13.0 Å². The molecule has 0 bridgehead atoms. The van der Waals surface area contributed by atoms with Crippen LogP contribution in [0.2, 0.25) is 0 Å². The number of sulfonamides is 1. The van der Waals surface area contributed by atoms with Gasteiger partial charge in [0.15, 0.2) is 0 Å². The number of likely N-dealkylation sites (N-methyl/N-ethyl adjacent to an activating group) is 1. The number of carbonyl (C=O) groups excluding carboxylic acids is 1. The Labute approximate surface area is 156 Å². The molecular formula is C17H28ClN3O3S. The molecule has 1 unspecified atom stereocenters. The van der Waals surface area contributed by atoms with Gasteiger partial charge in [-0.1, -0.05) is 25.1 Å². The lowest BCUT2D eigenvalue weighted by atomic mass is 9.99. The van der Waals surface area contributed by atoms with E-state index in [9.17, 15) is 13.2 Å². The van der Waals surface area contributed by atoms with Gasteiger partial charge in [0.25, 0.3) is 0 Å². The van der Waals surface area contributed by atoms with Gasteiger partial charge in [0.1, 0.15) is 0 Å². The fourth-order valence-corrected chi connectivity index (χ4v) is 4.48. The molecule has 1 aliphatic rings. The van der Waals surface area contributed by atoms with Crippen LogP contribution in [0.4, 0.5) is 0 Å². The normalized spacial score (nSPS) is 19.7. The van der Waals surface area contributed by atoms with Crippen molar-refractivity contribution < 1.29 is 13.2 Å². The van der Waals surface area contributed by atoms with Gasteiger partial charge in [-0.3, -0.25) is 4.79 Å². The van der Waals surface area contributed by atoms with Crippen LogP contribution in [0.3, 0.4) is 0 Å². The maximum absolute atomic E-state index is 12.7. The molecule has 1 saturated heterocycles. The Kier molecular flexibility index (Phi) is 8.85.